The van der Waals surface area contributed by atoms with Crippen LogP contribution in [-0.4, -0.2) is 5.33 Å². The van der Waals surface area contributed by atoms with Gasteiger partial charge < -0.3 is 0 Å². The monoisotopic (exact) mass is 400 g/mol. The van der Waals surface area contributed by atoms with Crippen LogP contribution >= 0.6 is 43.5 Å². The molecule has 2 aromatic rings. The first-order chi connectivity index (χ1) is 9.19. The van der Waals surface area contributed by atoms with Crippen molar-refractivity contribution in [1.29, 1.82) is 0 Å². The molecule has 0 bridgehead atoms. The first-order valence-electron chi connectivity index (χ1n) is 6.27. The molecule has 0 aliphatic carbocycles. The molecule has 2 rings (SSSR count). The van der Waals surface area contributed by atoms with Crippen molar-refractivity contribution in [2.24, 2.45) is 0 Å². The number of hydrogen-bond donors (Lipinski definition) is 0. The molecule has 0 radical (unpaired) electrons. The van der Waals surface area contributed by atoms with Gasteiger partial charge in [0.1, 0.15) is 0 Å². The van der Waals surface area contributed by atoms with Crippen molar-refractivity contribution >= 4 is 43.5 Å². The standard InChI is InChI=1S/C16H15Br2Cl/c17-9-1-2-12-3-5-13(6-4-12)10-14-11-15(18)7-8-16(14)19/h3-8,11H,1-2,9-10H2. The van der Waals surface area contributed by atoms with Gasteiger partial charge in [-0.15, -0.1) is 0 Å². The van der Waals surface area contributed by atoms with Crippen LogP contribution in [0.25, 0.3) is 0 Å². The van der Waals surface area contributed by atoms with E-state index in [1.807, 2.05) is 12.1 Å². The highest BCUT2D eigenvalue weighted by atomic mass is 79.9. The molecule has 0 nitrogen and oxygen atoms in total. The minimum atomic E-state index is 0.826. The van der Waals surface area contributed by atoms with Crippen molar-refractivity contribution in [2.45, 2.75) is 19.3 Å². The summed E-state index contributed by atoms with van der Waals surface area (Å²) in [6.45, 7) is 0. The van der Waals surface area contributed by atoms with E-state index in [1.54, 1.807) is 0 Å². The normalized spacial score (nSPS) is 10.7. The number of alkyl halides is 1. The number of aryl methyl sites for hydroxylation is 1. The van der Waals surface area contributed by atoms with Crippen LogP contribution in [0.4, 0.5) is 0 Å². The summed E-state index contributed by atoms with van der Waals surface area (Å²) in [5.74, 6) is 0. The van der Waals surface area contributed by atoms with Gasteiger partial charge in [-0.3, -0.25) is 0 Å². The van der Waals surface area contributed by atoms with E-state index in [1.165, 1.54) is 17.5 Å². The fourth-order valence-electron chi connectivity index (χ4n) is 1.99. The lowest BCUT2D eigenvalue weighted by Gasteiger charge is -2.07. The van der Waals surface area contributed by atoms with Gasteiger partial charge >= 0.3 is 0 Å². The van der Waals surface area contributed by atoms with E-state index in [0.717, 1.165) is 33.2 Å². The molecule has 0 N–H and O–H groups in total. The van der Waals surface area contributed by atoms with E-state index in [9.17, 15) is 0 Å². The third-order valence-corrected chi connectivity index (χ3v) is 4.45. The smallest absolute Gasteiger partial charge is 0.0442 e. The lowest BCUT2D eigenvalue weighted by atomic mass is 10.0. The molecule has 0 amide bonds. The van der Waals surface area contributed by atoms with Crippen LogP contribution in [0.1, 0.15) is 23.1 Å². The summed E-state index contributed by atoms with van der Waals surface area (Å²) in [5, 5.41) is 1.88. The molecule has 0 aromatic heterocycles. The predicted octanol–water partition coefficient (Wildman–Crippen LogP) is 6.02. The zero-order valence-corrected chi connectivity index (χ0v) is 14.4. The summed E-state index contributed by atoms with van der Waals surface area (Å²) in [4.78, 5) is 0. The maximum absolute atomic E-state index is 6.22. The minimum Gasteiger partial charge on any atom is -0.0928 e. The van der Waals surface area contributed by atoms with Gasteiger partial charge in [-0.05, 0) is 54.2 Å². The first-order valence-corrected chi connectivity index (χ1v) is 8.56. The third-order valence-electron chi connectivity index (χ3n) is 3.02. The van der Waals surface area contributed by atoms with Gasteiger partial charge in [0.2, 0.25) is 0 Å². The molecule has 0 atom stereocenters. The van der Waals surface area contributed by atoms with Gasteiger partial charge in [0.25, 0.3) is 0 Å². The van der Waals surface area contributed by atoms with Gasteiger partial charge in [0.05, 0.1) is 0 Å². The number of hydrogen-bond acceptors (Lipinski definition) is 0. The summed E-state index contributed by atoms with van der Waals surface area (Å²) >= 11 is 13.2. The molecule has 3 heteroatoms. The SMILES string of the molecule is Clc1ccc(Br)cc1Cc1ccc(CCCBr)cc1. The lowest BCUT2D eigenvalue weighted by Crippen LogP contribution is -1.91. The number of rotatable bonds is 5. The Morgan fingerprint density at radius 2 is 1.63 bits per heavy atom. The maximum Gasteiger partial charge on any atom is 0.0442 e. The van der Waals surface area contributed by atoms with Crippen LogP contribution in [0.2, 0.25) is 5.02 Å². The molecule has 0 fully saturated rings. The molecule has 0 aliphatic rings. The van der Waals surface area contributed by atoms with Crippen LogP contribution in [0.15, 0.2) is 46.9 Å². The summed E-state index contributed by atoms with van der Waals surface area (Å²) in [5.41, 5.74) is 3.84. The highest BCUT2D eigenvalue weighted by Crippen LogP contribution is 2.23. The summed E-state index contributed by atoms with van der Waals surface area (Å²) < 4.78 is 1.07. The largest absolute Gasteiger partial charge is 0.0928 e. The average molecular weight is 403 g/mol. The van der Waals surface area contributed by atoms with Crippen molar-refractivity contribution in [3.63, 3.8) is 0 Å². The van der Waals surface area contributed by atoms with Crippen LogP contribution in [0.5, 0.6) is 0 Å². The molecule has 0 saturated heterocycles. The van der Waals surface area contributed by atoms with Gasteiger partial charge in [0, 0.05) is 14.8 Å². The molecular formula is C16H15Br2Cl. The second-order valence-corrected chi connectivity index (χ2v) is 6.64. The fraction of sp³-hybridized carbons (Fsp3) is 0.250. The van der Waals surface area contributed by atoms with Crippen LogP contribution < -0.4 is 0 Å². The second-order valence-electron chi connectivity index (χ2n) is 4.52. The second kappa shape index (κ2) is 7.47. The van der Waals surface area contributed by atoms with E-state index < -0.39 is 0 Å². The Hall–Kier alpha value is -0.310. The zero-order valence-electron chi connectivity index (χ0n) is 10.5. The van der Waals surface area contributed by atoms with Crippen molar-refractivity contribution in [3.05, 3.63) is 68.7 Å². The number of halogens is 3. The van der Waals surface area contributed by atoms with Crippen LogP contribution in [-0.2, 0) is 12.8 Å². The molecule has 0 spiro atoms. The van der Waals surface area contributed by atoms with E-state index in [0.29, 0.717) is 0 Å². The Labute approximate surface area is 136 Å². The highest BCUT2D eigenvalue weighted by Gasteiger charge is 2.03. The van der Waals surface area contributed by atoms with Crippen molar-refractivity contribution in [1.82, 2.24) is 0 Å². The van der Waals surface area contributed by atoms with Gasteiger partial charge in [-0.2, -0.15) is 0 Å². The van der Waals surface area contributed by atoms with E-state index in [2.05, 4.69) is 62.2 Å². The Morgan fingerprint density at radius 3 is 2.32 bits per heavy atom. The molecule has 0 saturated carbocycles. The molecule has 0 unspecified atom stereocenters. The van der Waals surface area contributed by atoms with E-state index >= 15 is 0 Å². The van der Waals surface area contributed by atoms with Crippen molar-refractivity contribution in [2.75, 3.05) is 5.33 Å². The molecule has 100 valence electrons. The molecule has 0 heterocycles. The number of benzene rings is 2. The van der Waals surface area contributed by atoms with Crippen LogP contribution in [0.3, 0.4) is 0 Å². The zero-order chi connectivity index (χ0) is 13.7. The molecule has 19 heavy (non-hydrogen) atoms. The highest BCUT2D eigenvalue weighted by molar-refractivity contribution is 9.10. The topological polar surface area (TPSA) is 0 Å². The average Bonchev–Trinajstić information content (AvgIpc) is 2.42. The Kier molecular flexibility index (Phi) is 5.93. The summed E-state index contributed by atoms with van der Waals surface area (Å²) in [7, 11) is 0. The van der Waals surface area contributed by atoms with Crippen molar-refractivity contribution in [3.8, 4) is 0 Å². The van der Waals surface area contributed by atoms with Crippen LogP contribution in [0, 0.1) is 0 Å². The minimum absolute atomic E-state index is 0.826. The first kappa shape index (κ1) is 15.1. The van der Waals surface area contributed by atoms with Gasteiger partial charge in [-0.1, -0.05) is 67.7 Å². The molecule has 0 aliphatic heterocycles. The predicted molar refractivity (Wildman–Crippen MR) is 90.5 cm³/mol. The molecule has 2 aromatic carbocycles. The Morgan fingerprint density at radius 1 is 0.947 bits per heavy atom. The van der Waals surface area contributed by atoms with E-state index in [-0.39, 0.29) is 0 Å². The molecular weight excluding hydrogens is 387 g/mol. The Balaban J connectivity index is 2.08. The fourth-order valence-corrected chi connectivity index (χ4v) is 2.87. The lowest BCUT2D eigenvalue weighted by molar-refractivity contribution is 0.938. The third kappa shape index (κ3) is 4.62. The van der Waals surface area contributed by atoms with Gasteiger partial charge in [0.15, 0.2) is 0 Å². The van der Waals surface area contributed by atoms with Gasteiger partial charge in [-0.25, -0.2) is 0 Å². The maximum atomic E-state index is 6.22. The summed E-state index contributed by atoms with van der Waals surface area (Å²) in [6.07, 6.45) is 3.18. The summed E-state index contributed by atoms with van der Waals surface area (Å²) in [6, 6.07) is 14.8. The van der Waals surface area contributed by atoms with Crippen molar-refractivity contribution < 1.29 is 0 Å². The Bertz CT molecular complexity index is 535. The van der Waals surface area contributed by atoms with E-state index in [4.69, 9.17) is 11.6 Å². The quantitative estimate of drug-likeness (QED) is 0.537.